The average molecular weight is 368 g/mol. The molecule has 0 saturated heterocycles. The third-order valence-corrected chi connectivity index (χ3v) is 4.22. The van der Waals surface area contributed by atoms with E-state index in [0.717, 1.165) is 16.7 Å². The van der Waals surface area contributed by atoms with Gasteiger partial charge in [-0.25, -0.2) is 4.99 Å². The minimum absolute atomic E-state index is 0.00579. The Bertz CT molecular complexity index is 900. The molecular weight excluding hydrogens is 352 g/mol. The number of rotatable bonds is 5. The summed E-state index contributed by atoms with van der Waals surface area (Å²) in [6.45, 7) is 1.97. The zero-order valence-corrected chi connectivity index (χ0v) is 14.9. The van der Waals surface area contributed by atoms with Crippen LogP contribution in [0.15, 0.2) is 59.2 Å². The van der Waals surface area contributed by atoms with Crippen LogP contribution in [0, 0.1) is 6.92 Å². The van der Waals surface area contributed by atoms with Crippen molar-refractivity contribution in [1.82, 2.24) is 4.90 Å². The van der Waals surface area contributed by atoms with Crippen molar-refractivity contribution in [3.05, 3.63) is 75.9 Å². The van der Waals surface area contributed by atoms with Gasteiger partial charge in [0.2, 0.25) is 0 Å². The number of carbonyl (C=O) groups is 2. The van der Waals surface area contributed by atoms with E-state index in [9.17, 15) is 14.7 Å². The Balaban J connectivity index is 1.98. The lowest BCUT2D eigenvalue weighted by Gasteiger charge is -2.18. The van der Waals surface area contributed by atoms with Crippen LogP contribution in [0.4, 0.5) is 0 Å². The van der Waals surface area contributed by atoms with Gasteiger partial charge < -0.3 is 9.90 Å². The van der Waals surface area contributed by atoms with Crippen LogP contribution in [0.3, 0.4) is 0 Å². The number of halogens is 1. The van der Waals surface area contributed by atoms with Crippen molar-refractivity contribution < 1.29 is 14.7 Å². The number of amides is 1. The van der Waals surface area contributed by atoms with Gasteiger partial charge in [0.15, 0.2) is 0 Å². The van der Waals surface area contributed by atoms with E-state index in [1.807, 2.05) is 31.2 Å². The molecule has 6 heteroatoms. The second-order valence-electron chi connectivity index (χ2n) is 5.96. The number of benzene rings is 2. The first kappa shape index (κ1) is 17.9. The zero-order chi connectivity index (χ0) is 18.7. The summed E-state index contributed by atoms with van der Waals surface area (Å²) in [5, 5.41) is 11.4. The van der Waals surface area contributed by atoms with Crippen LogP contribution in [0.5, 0.6) is 0 Å². The van der Waals surface area contributed by atoms with Gasteiger partial charge in [0.1, 0.15) is 11.5 Å². The highest BCUT2D eigenvalue weighted by atomic mass is 35.5. The second-order valence-corrected chi connectivity index (χ2v) is 6.40. The first-order valence-electron chi connectivity index (χ1n) is 8.09. The molecule has 3 rings (SSSR count). The molecule has 2 aromatic carbocycles. The number of amidine groups is 1. The van der Waals surface area contributed by atoms with Gasteiger partial charge in [0.25, 0.3) is 5.91 Å². The van der Waals surface area contributed by atoms with E-state index in [1.54, 1.807) is 30.3 Å². The topological polar surface area (TPSA) is 72.8 Å². The number of carboxylic acid groups (broad SMARTS) is 1. The van der Waals surface area contributed by atoms with Gasteiger partial charge in [-0.05, 0) is 30.7 Å². The highest BCUT2D eigenvalue weighted by Crippen LogP contribution is 2.23. The molecule has 1 aliphatic rings. The first-order chi connectivity index (χ1) is 12.4. The lowest BCUT2D eigenvalue weighted by molar-refractivity contribution is -0.305. The Kier molecular flexibility index (Phi) is 5.19. The molecule has 5 nitrogen and oxygen atoms in total. The SMILES string of the molecule is Cc1ccc(C2=N/C(=C/c3ccc(Cl)cc3)C(=O)N2CCC(=O)[O-])cc1. The summed E-state index contributed by atoms with van der Waals surface area (Å²) < 4.78 is 0. The van der Waals surface area contributed by atoms with Crippen molar-refractivity contribution in [3.63, 3.8) is 0 Å². The van der Waals surface area contributed by atoms with Crippen molar-refractivity contribution in [3.8, 4) is 0 Å². The summed E-state index contributed by atoms with van der Waals surface area (Å²) in [5.41, 5.74) is 2.87. The van der Waals surface area contributed by atoms with Crippen molar-refractivity contribution in [2.45, 2.75) is 13.3 Å². The third-order valence-electron chi connectivity index (χ3n) is 3.97. The van der Waals surface area contributed by atoms with Crippen LogP contribution >= 0.6 is 11.6 Å². The molecule has 0 saturated carbocycles. The van der Waals surface area contributed by atoms with Gasteiger partial charge in [0.05, 0.1) is 0 Å². The number of hydrogen-bond acceptors (Lipinski definition) is 4. The highest BCUT2D eigenvalue weighted by molar-refractivity contribution is 6.30. The summed E-state index contributed by atoms with van der Waals surface area (Å²) in [7, 11) is 0. The predicted molar refractivity (Wildman–Crippen MR) is 98.5 cm³/mol. The van der Waals surface area contributed by atoms with E-state index in [0.29, 0.717) is 10.9 Å². The van der Waals surface area contributed by atoms with Crippen molar-refractivity contribution in [2.24, 2.45) is 4.99 Å². The van der Waals surface area contributed by atoms with Gasteiger partial charge >= 0.3 is 0 Å². The van der Waals surface area contributed by atoms with Gasteiger partial charge in [-0.2, -0.15) is 0 Å². The molecule has 0 aliphatic carbocycles. The number of aliphatic imine (C=N–C) groups is 1. The first-order valence-corrected chi connectivity index (χ1v) is 8.46. The Morgan fingerprint density at radius 3 is 2.42 bits per heavy atom. The van der Waals surface area contributed by atoms with Gasteiger partial charge in [-0.15, -0.1) is 0 Å². The van der Waals surface area contributed by atoms with Crippen molar-refractivity contribution >= 4 is 35.4 Å². The Labute approximate surface area is 156 Å². The maximum absolute atomic E-state index is 12.7. The van der Waals surface area contributed by atoms with Gasteiger partial charge in [0, 0.05) is 29.5 Å². The summed E-state index contributed by atoms with van der Waals surface area (Å²) in [5.74, 6) is -1.11. The molecule has 1 heterocycles. The Hall–Kier alpha value is -2.92. The Morgan fingerprint density at radius 2 is 1.81 bits per heavy atom. The van der Waals surface area contributed by atoms with Crippen LogP contribution in [-0.4, -0.2) is 29.2 Å². The largest absolute Gasteiger partial charge is 0.550 e. The number of nitrogens with zero attached hydrogens (tertiary/aromatic N) is 2. The molecule has 0 fully saturated rings. The zero-order valence-electron chi connectivity index (χ0n) is 14.1. The fourth-order valence-electron chi connectivity index (χ4n) is 2.60. The van der Waals surface area contributed by atoms with Gasteiger partial charge in [-0.1, -0.05) is 53.6 Å². The van der Waals surface area contributed by atoms with E-state index in [4.69, 9.17) is 11.6 Å². The monoisotopic (exact) mass is 367 g/mol. The number of aliphatic carboxylic acids is 1. The molecule has 0 unspecified atom stereocenters. The summed E-state index contributed by atoms with van der Waals surface area (Å²) >= 11 is 5.88. The van der Waals surface area contributed by atoms with Crippen LogP contribution in [0.2, 0.25) is 5.02 Å². The fourth-order valence-corrected chi connectivity index (χ4v) is 2.73. The molecule has 0 radical (unpaired) electrons. The third kappa shape index (κ3) is 4.00. The highest BCUT2D eigenvalue weighted by Gasteiger charge is 2.30. The van der Waals surface area contributed by atoms with Crippen LogP contribution in [0.25, 0.3) is 6.08 Å². The van der Waals surface area contributed by atoms with E-state index in [-0.39, 0.29) is 24.6 Å². The summed E-state index contributed by atoms with van der Waals surface area (Å²) in [4.78, 5) is 29.4. The molecule has 0 aromatic heterocycles. The lowest BCUT2D eigenvalue weighted by Crippen LogP contribution is -2.36. The molecular formula is C20H16ClN2O3-. The van der Waals surface area contributed by atoms with Crippen LogP contribution in [0.1, 0.15) is 23.1 Å². The number of carbonyl (C=O) groups excluding carboxylic acids is 2. The molecule has 132 valence electrons. The molecule has 1 aliphatic heterocycles. The quantitative estimate of drug-likeness (QED) is 0.762. The van der Waals surface area contributed by atoms with E-state index in [1.165, 1.54) is 4.90 Å². The molecule has 0 spiro atoms. The van der Waals surface area contributed by atoms with Gasteiger partial charge in [-0.3, -0.25) is 9.69 Å². The summed E-state index contributed by atoms with van der Waals surface area (Å²) in [6, 6.07) is 14.6. The molecule has 0 N–H and O–H groups in total. The van der Waals surface area contributed by atoms with Crippen molar-refractivity contribution in [2.75, 3.05) is 6.54 Å². The smallest absolute Gasteiger partial charge is 0.278 e. The second kappa shape index (κ2) is 7.54. The molecule has 0 bridgehead atoms. The molecule has 26 heavy (non-hydrogen) atoms. The summed E-state index contributed by atoms with van der Waals surface area (Å²) in [6.07, 6.45) is 1.40. The van der Waals surface area contributed by atoms with E-state index in [2.05, 4.69) is 4.99 Å². The maximum atomic E-state index is 12.7. The number of carboxylic acids is 1. The van der Waals surface area contributed by atoms with E-state index < -0.39 is 5.97 Å². The fraction of sp³-hybridized carbons (Fsp3) is 0.150. The normalized spacial score (nSPS) is 15.5. The number of aryl methyl sites for hydroxylation is 1. The standard InChI is InChI=1S/C20H17ClN2O3/c1-13-2-6-15(7-3-13)19-22-17(12-14-4-8-16(21)9-5-14)20(26)23(19)11-10-18(24)25/h2-9,12H,10-11H2,1H3,(H,24,25)/p-1/b17-12+. The molecule has 1 amide bonds. The minimum atomic E-state index is -1.21. The predicted octanol–water partition coefficient (Wildman–Crippen LogP) is 2.42. The van der Waals surface area contributed by atoms with Crippen LogP contribution < -0.4 is 5.11 Å². The molecule has 2 aromatic rings. The molecule has 0 atom stereocenters. The average Bonchev–Trinajstić information content (AvgIpc) is 2.92. The van der Waals surface area contributed by atoms with E-state index >= 15 is 0 Å². The Morgan fingerprint density at radius 1 is 1.15 bits per heavy atom. The lowest BCUT2D eigenvalue weighted by atomic mass is 10.1. The maximum Gasteiger partial charge on any atom is 0.278 e. The van der Waals surface area contributed by atoms with Crippen LogP contribution in [-0.2, 0) is 9.59 Å². The minimum Gasteiger partial charge on any atom is -0.550 e. The number of hydrogen-bond donors (Lipinski definition) is 0. The van der Waals surface area contributed by atoms with Crippen molar-refractivity contribution in [1.29, 1.82) is 0 Å².